The number of hydrogen-bond acceptors (Lipinski definition) is 4. The predicted octanol–water partition coefficient (Wildman–Crippen LogP) is 6.27. The van der Waals surface area contributed by atoms with Crippen molar-refractivity contribution in [2.24, 2.45) is 0 Å². The summed E-state index contributed by atoms with van der Waals surface area (Å²) in [5.41, 5.74) is -1.06. The van der Waals surface area contributed by atoms with Crippen molar-refractivity contribution in [1.29, 1.82) is 0 Å². The van der Waals surface area contributed by atoms with E-state index in [1.54, 1.807) is 13.8 Å². The van der Waals surface area contributed by atoms with E-state index in [1.165, 1.54) is 44.9 Å². The molecule has 0 bridgehead atoms. The van der Waals surface area contributed by atoms with Gasteiger partial charge in [-0.1, -0.05) is 90.9 Å². The molecule has 1 N–H and O–H groups in total. The number of nitrogens with one attached hydrogen (secondary N) is 1. The van der Waals surface area contributed by atoms with Crippen LogP contribution in [0.3, 0.4) is 0 Å². The number of Topliss-reactive ketones (excluding diaryl/α,β-unsaturated/α-hetero) is 1. The SMILES string of the molecule is CCCCCCCCCC(=O)CC(=O)N[C@](C)(CCCCCCCC)C(=O)OCC. The van der Waals surface area contributed by atoms with E-state index in [-0.39, 0.29) is 24.7 Å². The summed E-state index contributed by atoms with van der Waals surface area (Å²) in [7, 11) is 0. The molecule has 0 aliphatic carbocycles. The third-order valence-corrected chi connectivity index (χ3v) is 5.59. The second kappa shape index (κ2) is 18.4. The molecule has 0 unspecified atom stereocenters. The topological polar surface area (TPSA) is 72.5 Å². The minimum atomic E-state index is -1.06. The van der Waals surface area contributed by atoms with Gasteiger partial charge in [-0.3, -0.25) is 9.59 Å². The first-order valence-electron chi connectivity index (χ1n) is 12.4. The van der Waals surface area contributed by atoms with E-state index < -0.39 is 11.5 Å². The van der Waals surface area contributed by atoms with Crippen LogP contribution in [0, 0.1) is 0 Å². The summed E-state index contributed by atoms with van der Waals surface area (Å²) in [5.74, 6) is -0.831. The van der Waals surface area contributed by atoms with Gasteiger partial charge in [-0.05, 0) is 26.7 Å². The molecule has 176 valence electrons. The van der Waals surface area contributed by atoms with Gasteiger partial charge in [-0.15, -0.1) is 0 Å². The van der Waals surface area contributed by atoms with Gasteiger partial charge in [-0.25, -0.2) is 4.79 Å². The third kappa shape index (κ3) is 14.6. The second-order valence-corrected chi connectivity index (χ2v) is 8.71. The molecule has 0 radical (unpaired) electrons. The van der Waals surface area contributed by atoms with E-state index in [0.717, 1.165) is 38.5 Å². The van der Waals surface area contributed by atoms with Crippen LogP contribution in [0.25, 0.3) is 0 Å². The average Bonchev–Trinajstić information content (AvgIpc) is 2.70. The van der Waals surface area contributed by atoms with Crippen molar-refractivity contribution in [2.45, 2.75) is 136 Å². The van der Waals surface area contributed by atoms with Crippen LogP contribution in [0.2, 0.25) is 0 Å². The maximum absolute atomic E-state index is 12.4. The number of hydrogen-bond donors (Lipinski definition) is 1. The number of unbranched alkanes of at least 4 members (excludes halogenated alkanes) is 11. The number of carbonyl (C=O) groups excluding carboxylic acids is 3. The molecule has 0 spiro atoms. The Morgan fingerprint density at radius 2 is 1.23 bits per heavy atom. The Labute approximate surface area is 185 Å². The van der Waals surface area contributed by atoms with Gasteiger partial charge in [0.2, 0.25) is 5.91 Å². The number of rotatable bonds is 20. The monoisotopic (exact) mass is 425 g/mol. The molecule has 0 aliphatic heterocycles. The summed E-state index contributed by atoms with van der Waals surface area (Å²) >= 11 is 0. The van der Waals surface area contributed by atoms with Crippen LogP contribution in [0.15, 0.2) is 0 Å². The van der Waals surface area contributed by atoms with E-state index in [9.17, 15) is 14.4 Å². The van der Waals surface area contributed by atoms with E-state index in [1.807, 2.05) is 0 Å². The Hall–Kier alpha value is -1.39. The van der Waals surface area contributed by atoms with Crippen molar-refractivity contribution < 1.29 is 19.1 Å². The van der Waals surface area contributed by atoms with Crippen LogP contribution in [0.5, 0.6) is 0 Å². The maximum atomic E-state index is 12.4. The fourth-order valence-electron chi connectivity index (χ4n) is 3.66. The summed E-state index contributed by atoms with van der Waals surface area (Å²) in [6.45, 7) is 8.14. The Morgan fingerprint density at radius 3 is 1.77 bits per heavy atom. The molecule has 0 fully saturated rings. The van der Waals surface area contributed by atoms with Crippen LogP contribution in [0.4, 0.5) is 0 Å². The molecule has 0 aromatic heterocycles. The van der Waals surface area contributed by atoms with Gasteiger partial charge >= 0.3 is 5.97 Å². The quantitative estimate of drug-likeness (QED) is 0.142. The first-order valence-corrected chi connectivity index (χ1v) is 12.4. The highest BCUT2D eigenvalue weighted by Crippen LogP contribution is 2.19. The second-order valence-electron chi connectivity index (χ2n) is 8.71. The third-order valence-electron chi connectivity index (χ3n) is 5.59. The molecular formula is C25H47NO4. The number of carbonyl (C=O) groups is 3. The van der Waals surface area contributed by atoms with Crippen LogP contribution in [-0.4, -0.2) is 29.8 Å². The van der Waals surface area contributed by atoms with Gasteiger partial charge < -0.3 is 10.1 Å². The molecule has 5 heteroatoms. The van der Waals surface area contributed by atoms with Gasteiger partial charge in [0.1, 0.15) is 11.3 Å². The molecule has 30 heavy (non-hydrogen) atoms. The molecule has 0 aromatic rings. The highest BCUT2D eigenvalue weighted by molar-refractivity contribution is 6.00. The summed E-state index contributed by atoms with van der Waals surface area (Å²) in [5, 5.41) is 2.80. The maximum Gasteiger partial charge on any atom is 0.331 e. The lowest BCUT2D eigenvalue weighted by Gasteiger charge is -2.28. The summed E-state index contributed by atoms with van der Waals surface area (Å²) in [6.07, 6.45) is 15.5. The first-order chi connectivity index (χ1) is 14.4. The van der Waals surface area contributed by atoms with Crippen LogP contribution in [-0.2, 0) is 19.1 Å². The molecule has 0 aliphatic rings. The zero-order valence-corrected chi connectivity index (χ0v) is 20.2. The predicted molar refractivity (Wildman–Crippen MR) is 123 cm³/mol. The van der Waals surface area contributed by atoms with Crippen molar-refractivity contribution in [3.63, 3.8) is 0 Å². The smallest absolute Gasteiger partial charge is 0.331 e. The zero-order valence-electron chi connectivity index (χ0n) is 20.2. The normalized spacial score (nSPS) is 12.9. The fourth-order valence-corrected chi connectivity index (χ4v) is 3.66. The highest BCUT2D eigenvalue weighted by atomic mass is 16.5. The number of ether oxygens (including phenoxy) is 1. The lowest BCUT2D eigenvalue weighted by molar-refractivity contribution is -0.153. The molecule has 1 amide bonds. The molecule has 0 saturated heterocycles. The lowest BCUT2D eigenvalue weighted by atomic mass is 9.93. The standard InChI is InChI=1S/C25H47NO4/c1-5-8-10-12-14-15-17-19-22(27)21-23(28)26-25(4,24(29)30-7-3)20-18-16-13-11-9-6-2/h5-21H2,1-4H3,(H,26,28)/t25-/m1/s1. The van der Waals surface area contributed by atoms with Gasteiger partial charge in [0, 0.05) is 6.42 Å². The van der Waals surface area contributed by atoms with Crippen LogP contribution in [0.1, 0.15) is 130 Å². The minimum Gasteiger partial charge on any atom is -0.464 e. The molecule has 0 rings (SSSR count). The molecule has 0 saturated carbocycles. The molecule has 1 atom stereocenters. The van der Waals surface area contributed by atoms with E-state index in [0.29, 0.717) is 12.8 Å². The Morgan fingerprint density at radius 1 is 0.733 bits per heavy atom. The number of amides is 1. The highest BCUT2D eigenvalue weighted by Gasteiger charge is 2.36. The number of esters is 1. The van der Waals surface area contributed by atoms with Crippen molar-refractivity contribution in [1.82, 2.24) is 5.32 Å². The summed E-state index contributed by atoms with van der Waals surface area (Å²) in [4.78, 5) is 37.0. The summed E-state index contributed by atoms with van der Waals surface area (Å²) in [6, 6.07) is 0. The van der Waals surface area contributed by atoms with Gasteiger partial charge in [0.15, 0.2) is 0 Å². The summed E-state index contributed by atoms with van der Waals surface area (Å²) < 4.78 is 5.19. The Bertz CT molecular complexity index is 478. The fraction of sp³-hybridized carbons (Fsp3) is 0.880. The Balaban J connectivity index is 4.35. The first kappa shape index (κ1) is 28.6. The average molecular weight is 426 g/mol. The Kier molecular flexibility index (Phi) is 17.5. The number of ketones is 1. The van der Waals surface area contributed by atoms with Crippen LogP contribution < -0.4 is 5.32 Å². The van der Waals surface area contributed by atoms with Crippen molar-refractivity contribution in [3.05, 3.63) is 0 Å². The van der Waals surface area contributed by atoms with Gasteiger partial charge in [0.25, 0.3) is 0 Å². The van der Waals surface area contributed by atoms with Crippen molar-refractivity contribution in [2.75, 3.05) is 6.61 Å². The molecule has 0 aromatic carbocycles. The van der Waals surface area contributed by atoms with Gasteiger partial charge in [-0.2, -0.15) is 0 Å². The van der Waals surface area contributed by atoms with E-state index in [2.05, 4.69) is 19.2 Å². The van der Waals surface area contributed by atoms with E-state index in [4.69, 9.17) is 4.74 Å². The lowest BCUT2D eigenvalue weighted by Crippen LogP contribution is -2.53. The molecule has 0 heterocycles. The molecule has 5 nitrogen and oxygen atoms in total. The van der Waals surface area contributed by atoms with Crippen molar-refractivity contribution >= 4 is 17.7 Å². The zero-order chi connectivity index (χ0) is 22.7. The van der Waals surface area contributed by atoms with Gasteiger partial charge in [0.05, 0.1) is 13.0 Å². The van der Waals surface area contributed by atoms with Crippen LogP contribution >= 0.6 is 0 Å². The minimum absolute atomic E-state index is 0.0492. The largest absolute Gasteiger partial charge is 0.464 e. The molecular weight excluding hydrogens is 378 g/mol. The van der Waals surface area contributed by atoms with E-state index >= 15 is 0 Å². The van der Waals surface area contributed by atoms with Crippen molar-refractivity contribution in [3.8, 4) is 0 Å².